The molecule has 0 heterocycles. The second-order valence-corrected chi connectivity index (χ2v) is 6.40. The largest absolute Gasteiger partial charge is 0.397 e. The first-order chi connectivity index (χ1) is 8.56. The number of benzene rings is 1. The number of halogens is 2. The van der Waals surface area contributed by atoms with Crippen LogP contribution in [0.5, 0.6) is 0 Å². The summed E-state index contributed by atoms with van der Waals surface area (Å²) in [6.45, 7) is 0. The Morgan fingerprint density at radius 2 is 1.89 bits per heavy atom. The molecule has 0 saturated heterocycles. The van der Waals surface area contributed by atoms with E-state index in [4.69, 9.17) is 5.73 Å². The van der Waals surface area contributed by atoms with Gasteiger partial charge in [-0.05, 0) is 53.7 Å². The highest BCUT2D eigenvalue weighted by Gasteiger charge is 2.18. The van der Waals surface area contributed by atoms with E-state index < -0.39 is 0 Å². The van der Waals surface area contributed by atoms with Crippen molar-refractivity contribution in [2.45, 2.75) is 37.8 Å². The maximum Gasteiger partial charge on any atom is 0.0548 e. The van der Waals surface area contributed by atoms with Gasteiger partial charge in [0.1, 0.15) is 0 Å². The number of hydrogen-bond donors (Lipinski definition) is 2. The van der Waals surface area contributed by atoms with Gasteiger partial charge in [-0.3, -0.25) is 4.99 Å². The van der Waals surface area contributed by atoms with Crippen LogP contribution in [0.4, 0.5) is 5.69 Å². The first kappa shape index (κ1) is 14.0. The van der Waals surface area contributed by atoms with Gasteiger partial charge in [0.15, 0.2) is 0 Å². The minimum Gasteiger partial charge on any atom is -0.397 e. The quantitative estimate of drug-likeness (QED) is 0.613. The summed E-state index contributed by atoms with van der Waals surface area (Å²) >= 11 is 6.86. The van der Waals surface area contributed by atoms with E-state index >= 15 is 0 Å². The lowest BCUT2D eigenvalue weighted by molar-refractivity contribution is 0.123. The molecule has 18 heavy (non-hydrogen) atoms. The van der Waals surface area contributed by atoms with E-state index in [9.17, 15) is 5.11 Å². The Labute approximate surface area is 124 Å². The third-order valence-electron chi connectivity index (χ3n) is 3.22. The maximum absolute atomic E-state index is 9.44. The molecule has 0 radical (unpaired) electrons. The van der Waals surface area contributed by atoms with E-state index in [-0.39, 0.29) is 6.10 Å². The van der Waals surface area contributed by atoms with E-state index in [0.29, 0.717) is 11.7 Å². The summed E-state index contributed by atoms with van der Waals surface area (Å²) in [7, 11) is 0. The van der Waals surface area contributed by atoms with Gasteiger partial charge in [0.2, 0.25) is 0 Å². The summed E-state index contributed by atoms with van der Waals surface area (Å²) in [4.78, 5) is 4.57. The van der Waals surface area contributed by atoms with Crippen molar-refractivity contribution in [2.75, 3.05) is 5.73 Å². The van der Waals surface area contributed by atoms with E-state index in [1.807, 2.05) is 18.3 Å². The van der Waals surface area contributed by atoms with Crippen LogP contribution < -0.4 is 5.73 Å². The molecule has 1 aromatic rings. The van der Waals surface area contributed by atoms with Crippen molar-refractivity contribution in [3.8, 4) is 0 Å². The summed E-state index contributed by atoms with van der Waals surface area (Å²) in [5.74, 6) is 0. The predicted molar refractivity (Wildman–Crippen MR) is 82.1 cm³/mol. The zero-order chi connectivity index (χ0) is 13.1. The number of aliphatic imine (C=N–C) groups is 1. The van der Waals surface area contributed by atoms with Gasteiger partial charge in [-0.25, -0.2) is 0 Å². The minimum atomic E-state index is -0.137. The average molecular weight is 376 g/mol. The van der Waals surface area contributed by atoms with Gasteiger partial charge in [0.05, 0.1) is 17.8 Å². The number of nitrogen functional groups attached to an aromatic ring is 1. The van der Waals surface area contributed by atoms with E-state index in [1.54, 1.807) is 0 Å². The Bertz CT molecular complexity index is 455. The van der Waals surface area contributed by atoms with Crippen LogP contribution in [0.25, 0.3) is 0 Å². The molecular weight excluding hydrogens is 360 g/mol. The van der Waals surface area contributed by atoms with Crippen molar-refractivity contribution in [3.63, 3.8) is 0 Å². The van der Waals surface area contributed by atoms with E-state index in [0.717, 1.165) is 40.2 Å². The van der Waals surface area contributed by atoms with E-state index in [1.165, 1.54) is 0 Å². The number of aliphatic hydroxyl groups is 1. The Morgan fingerprint density at radius 1 is 1.22 bits per heavy atom. The Balaban J connectivity index is 2.09. The molecule has 1 saturated carbocycles. The third kappa shape index (κ3) is 3.56. The van der Waals surface area contributed by atoms with Crippen molar-refractivity contribution >= 4 is 43.8 Å². The smallest absolute Gasteiger partial charge is 0.0548 e. The second-order valence-electron chi connectivity index (χ2n) is 4.63. The molecule has 0 unspecified atom stereocenters. The normalized spacial score (nSPS) is 24.6. The maximum atomic E-state index is 9.44. The van der Waals surface area contributed by atoms with Crippen LogP contribution in [0.3, 0.4) is 0 Å². The van der Waals surface area contributed by atoms with Crippen molar-refractivity contribution in [1.29, 1.82) is 0 Å². The van der Waals surface area contributed by atoms with Crippen LogP contribution in [0.15, 0.2) is 26.1 Å². The molecule has 5 heteroatoms. The molecule has 3 N–H and O–H groups in total. The van der Waals surface area contributed by atoms with Crippen LogP contribution >= 0.6 is 31.9 Å². The molecule has 0 amide bonds. The SMILES string of the molecule is Nc1c(Br)cc(Br)cc1C=NC1CCC(O)CC1. The molecule has 0 atom stereocenters. The highest BCUT2D eigenvalue weighted by atomic mass is 79.9. The average Bonchev–Trinajstić information content (AvgIpc) is 2.34. The molecular formula is C13H16Br2N2O. The van der Waals surface area contributed by atoms with Crippen molar-refractivity contribution in [2.24, 2.45) is 4.99 Å². The first-order valence-corrected chi connectivity index (χ1v) is 7.60. The summed E-state index contributed by atoms with van der Waals surface area (Å²) in [6.07, 6.45) is 5.30. The number of nitrogens with two attached hydrogens (primary N) is 1. The molecule has 2 rings (SSSR count). The molecule has 0 aliphatic heterocycles. The van der Waals surface area contributed by atoms with E-state index in [2.05, 4.69) is 36.9 Å². The lowest BCUT2D eigenvalue weighted by Crippen LogP contribution is -2.20. The molecule has 1 fully saturated rings. The Kier molecular flexibility index (Phi) is 4.81. The van der Waals surface area contributed by atoms with Gasteiger partial charge in [0, 0.05) is 20.7 Å². The molecule has 0 spiro atoms. The fourth-order valence-corrected chi connectivity index (χ4v) is 3.36. The second kappa shape index (κ2) is 6.17. The molecule has 0 bridgehead atoms. The minimum absolute atomic E-state index is 0.137. The van der Waals surface area contributed by atoms with Gasteiger partial charge in [-0.1, -0.05) is 15.9 Å². The molecule has 1 aromatic carbocycles. The van der Waals surface area contributed by atoms with Crippen LogP contribution in [-0.2, 0) is 0 Å². The van der Waals surface area contributed by atoms with Crippen molar-refractivity contribution in [3.05, 3.63) is 26.6 Å². The summed E-state index contributed by atoms with van der Waals surface area (Å²) in [6, 6.07) is 4.19. The van der Waals surface area contributed by atoms with Gasteiger partial charge in [-0.2, -0.15) is 0 Å². The lowest BCUT2D eigenvalue weighted by Gasteiger charge is -2.22. The Hall–Kier alpha value is -0.390. The topological polar surface area (TPSA) is 58.6 Å². The molecule has 1 aliphatic rings. The zero-order valence-corrected chi connectivity index (χ0v) is 13.1. The summed E-state index contributed by atoms with van der Waals surface area (Å²) in [5, 5.41) is 9.44. The summed E-state index contributed by atoms with van der Waals surface area (Å²) in [5.41, 5.74) is 7.62. The first-order valence-electron chi connectivity index (χ1n) is 6.02. The molecule has 98 valence electrons. The van der Waals surface area contributed by atoms with Gasteiger partial charge in [0.25, 0.3) is 0 Å². The van der Waals surface area contributed by atoms with Crippen molar-refractivity contribution in [1.82, 2.24) is 0 Å². The molecule has 1 aliphatic carbocycles. The fourth-order valence-electron chi connectivity index (χ4n) is 2.10. The van der Waals surface area contributed by atoms with Gasteiger partial charge in [-0.15, -0.1) is 0 Å². The van der Waals surface area contributed by atoms with Gasteiger partial charge < -0.3 is 10.8 Å². The van der Waals surface area contributed by atoms with Crippen LogP contribution in [-0.4, -0.2) is 23.5 Å². The number of aliphatic hydroxyl groups excluding tert-OH is 1. The Morgan fingerprint density at radius 3 is 2.56 bits per heavy atom. The molecule has 0 aromatic heterocycles. The predicted octanol–water partition coefficient (Wildman–Crippen LogP) is 3.52. The van der Waals surface area contributed by atoms with Gasteiger partial charge >= 0.3 is 0 Å². The number of rotatable bonds is 2. The van der Waals surface area contributed by atoms with Crippen molar-refractivity contribution < 1.29 is 5.11 Å². The zero-order valence-electron chi connectivity index (χ0n) is 9.94. The standard InChI is InChI=1S/C13H16Br2N2O/c14-9-5-8(13(16)12(15)6-9)7-17-10-1-3-11(18)4-2-10/h5-7,10-11,18H,1-4,16H2. The highest BCUT2D eigenvalue weighted by Crippen LogP contribution is 2.28. The third-order valence-corrected chi connectivity index (χ3v) is 4.33. The monoisotopic (exact) mass is 374 g/mol. The number of anilines is 1. The summed E-state index contributed by atoms with van der Waals surface area (Å²) < 4.78 is 1.85. The van der Waals surface area contributed by atoms with Crippen LogP contribution in [0.2, 0.25) is 0 Å². The number of hydrogen-bond acceptors (Lipinski definition) is 3. The lowest BCUT2D eigenvalue weighted by atomic mass is 9.93. The van der Waals surface area contributed by atoms with Crippen LogP contribution in [0.1, 0.15) is 31.2 Å². The van der Waals surface area contributed by atoms with Crippen LogP contribution in [0, 0.1) is 0 Å². The molecule has 3 nitrogen and oxygen atoms in total. The highest BCUT2D eigenvalue weighted by molar-refractivity contribution is 9.11. The fraction of sp³-hybridized carbons (Fsp3) is 0.462. The number of nitrogens with zero attached hydrogens (tertiary/aromatic N) is 1.